The van der Waals surface area contributed by atoms with Gasteiger partial charge in [-0.2, -0.15) is 0 Å². The summed E-state index contributed by atoms with van der Waals surface area (Å²) in [6.45, 7) is 1.99. The fourth-order valence-corrected chi connectivity index (χ4v) is 2.56. The number of benzene rings is 2. The Morgan fingerprint density at radius 1 is 1.10 bits per heavy atom. The molecule has 2 rings (SSSR count). The number of hydrogen-bond donors (Lipinski definition) is 2. The van der Waals surface area contributed by atoms with Crippen molar-refractivity contribution < 1.29 is 4.79 Å². The molecule has 0 saturated heterocycles. The molecule has 2 aromatic carbocycles. The minimum atomic E-state index is -0.0682. The second-order valence-electron chi connectivity index (χ2n) is 4.76. The predicted octanol–water partition coefficient (Wildman–Crippen LogP) is 3.94. The lowest BCUT2D eigenvalue weighted by molar-refractivity contribution is 0.0940. The van der Waals surface area contributed by atoms with Crippen LogP contribution < -0.4 is 10.6 Å². The minimum Gasteiger partial charge on any atom is -0.387 e. The molecule has 2 aromatic rings. The number of amides is 1. The smallest absolute Gasteiger partial charge is 0.253 e. The highest BCUT2D eigenvalue weighted by Crippen LogP contribution is 2.20. The lowest BCUT2D eigenvalue weighted by Gasteiger charge is -2.16. The minimum absolute atomic E-state index is 0.0293. The normalized spacial score (nSPS) is 11.8. The summed E-state index contributed by atoms with van der Waals surface area (Å²) in [6, 6.07) is 15.7. The molecule has 4 heteroatoms. The summed E-state index contributed by atoms with van der Waals surface area (Å²) in [5.41, 5.74) is 2.59. The van der Waals surface area contributed by atoms with Crippen LogP contribution in [0.25, 0.3) is 0 Å². The summed E-state index contributed by atoms with van der Waals surface area (Å²) in [7, 11) is 1.82. The van der Waals surface area contributed by atoms with Crippen LogP contribution in [-0.2, 0) is 0 Å². The molecule has 21 heavy (non-hydrogen) atoms. The van der Waals surface area contributed by atoms with E-state index in [1.165, 1.54) is 4.90 Å². The van der Waals surface area contributed by atoms with E-state index < -0.39 is 0 Å². The molecule has 2 N–H and O–H groups in total. The van der Waals surface area contributed by atoms with Crippen molar-refractivity contribution in [1.29, 1.82) is 0 Å². The highest BCUT2D eigenvalue weighted by molar-refractivity contribution is 7.98. The van der Waals surface area contributed by atoms with Crippen LogP contribution in [-0.4, -0.2) is 19.2 Å². The van der Waals surface area contributed by atoms with Crippen LogP contribution in [0.1, 0.15) is 28.9 Å². The van der Waals surface area contributed by atoms with Crippen LogP contribution in [0.5, 0.6) is 0 Å². The first-order valence-electron chi connectivity index (χ1n) is 6.87. The van der Waals surface area contributed by atoms with E-state index in [1.54, 1.807) is 11.8 Å². The Morgan fingerprint density at radius 3 is 2.38 bits per heavy atom. The summed E-state index contributed by atoms with van der Waals surface area (Å²) < 4.78 is 0. The topological polar surface area (TPSA) is 41.1 Å². The highest BCUT2D eigenvalue weighted by Gasteiger charge is 2.13. The molecule has 0 radical (unpaired) electrons. The molecular weight excluding hydrogens is 280 g/mol. The van der Waals surface area contributed by atoms with Gasteiger partial charge in [0.05, 0.1) is 11.6 Å². The van der Waals surface area contributed by atoms with Crippen molar-refractivity contribution in [3.8, 4) is 0 Å². The van der Waals surface area contributed by atoms with Crippen LogP contribution in [0, 0.1) is 0 Å². The molecular formula is C17H20N2OS. The summed E-state index contributed by atoms with van der Waals surface area (Å²) in [6.07, 6.45) is 2.05. The zero-order valence-corrected chi connectivity index (χ0v) is 13.3. The monoisotopic (exact) mass is 300 g/mol. The van der Waals surface area contributed by atoms with Gasteiger partial charge >= 0.3 is 0 Å². The average molecular weight is 300 g/mol. The van der Waals surface area contributed by atoms with Crippen molar-refractivity contribution in [2.24, 2.45) is 0 Å². The molecule has 1 atom stereocenters. The predicted molar refractivity (Wildman–Crippen MR) is 90.1 cm³/mol. The third-order valence-corrected chi connectivity index (χ3v) is 4.15. The zero-order valence-electron chi connectivity index (χ0n) is 12.5. The van der Waals surface area contributed by atoms with E-state index in [9.17, 15) is 4.79 Å². The van der Waals surface area contributed by atoms with Gasteiger partial charge in [0, 0.05) is 17.6 Å². The zero-order chi connectivity index (χ0) is 15.2. The molecule has 110 valence electrons. The van der Waals surface area contributed by atoms with Crippen molar-refractivity contribution in [2.45, 2.75) is 17.9 Å². The lowest BCUT2D eigenvalue weighted by Crippen LogP contribution is -2.27. The van der Waals surface area contributed by atoms with Crippen molar-refractivity contribution >= 4 is 23.4 Å². The van der Waals surface area contributed by atoms with Crippen LogP contribution >= 0.6 is 11.8 Å². The molecule has 1 unspecified atom stereocenters. The fourth-order valence-electron chi connectivity index (χ4n) is 2.15. The quantitative estimate of drug-likeness (QED) is 0.822. The second-order valence-corrected chi connectivity index (χ2v) is 5.64. The standard InChI is InChI=1S/C17H20N2OS/c1-12(13-8-10-14(21-3)11-9-13)19-17(20)15-6-4-5-7-16(15)18-2/h4-12,18H,1-3H3,(H,19,20). The summed E-state index contributed by atoms with van der Waals surface area (Å²) in [5, 5.41) is 6.08. The Bertz CT molecular complexity index is 610. The molecule has 0 aliphatic heterocycles. The van der Waals surface area contributed by atoms with Crippen molar-refractivity contribution in [2.75, 3.05) is 18.6 Å². The van der Waals surface area contributed by atoms with E-state index in [0.29, 0.717) is 5.56 Å². The molecule has 0 heterocycles. The third-order valence-electron chi connectivity index (χ3n) is 3.40. The first-order chi connectivity index (χ1) is 10.2. The Kier molecular flexibility index (Phi) is 5.28. The van der Waals surface area contributed by atoms with Crippen LogP contribution in [0.4, 0.5) is 5.69 Å². The number of carbonyl (C=O) groups excluding carboxylic acids is 1. The van der Waals surface area contributed by atoms with Crippen molar-refractivity contribution in [3.63, 3.8) is 0 Å². The van der Waals surface area contributed by atoms with Crippen LogP contribution in [0.3, 0.4) is 0 Å². The van der Waals surface area contributed by atoms with E-state index in [0.717, 1.165) is 11.3 Å². The Hall–Kier alpha value is -1.94. The number of anilines is 1. The summed E-state index contributed by atoms with van der Waals surface area (Å²) in [4.78, 5) is 13.6. The molecule has 0 saturated carbocycles. The van der Waals surface area contributed by atoms with Gasteiger partial charge in [-0.05, 0) is 43.0 Å². The number of nitrogens with one attached hydrogen (secondary N) is 2. The van der Waals surface area contributed by atoms with Gasteiger partial charge in [-0.3, -0.25) is 4.79 Å². The average Bonchev–Trinajstić information content (AvgIpc) is 2.54. The van der Waals surface area contributed by atoms with E-state index in [4.69, 9.17) is 0 Å². The molecule has 1 amide bonds. The third kappa shape index (κ3) is 3.79. The van der Waals surface area contributed by atoms with Crippen molar-refractivity contribution in [1.82, 2.24) is 5.32 Å². The largest absolute Gasteiger partial charge is 0.387 e. The van der Waals surface area contributed by atoms with E-state index in [1.807, 2.05) is 38.2 Å². The number of rotatable bonds is 5. The SMILES string of the molecule is CNc1ccccc1C(=O)NC(C)c1ccc(SC)cc1. The van der Waals surface area contributed by atoms with Gasteiger partial charge in [-0.15, -0.1) is 11.8 Å². The number of para-hydroxylation sites is 1. The Balaban J connectivity index is 2.11. The molecule has 0 aliphatic carbocycles. The van der Waals surface area contributed by atoms with E-state index >= 15 is 0 Å². The van der Waals surface area contributed by atoms with Crippen molar-refractivity contribution in [3.05, 3.63) is 59.7 Å². The van der Waals surface area contributed by atoms with Gasteiger partial charge in [-0.25, -0.2) is 0 Å². The van der Waals surface area contributed by atoms with Crippen LogP contribution in [0.2, 0.25) is 0 Å². The van der Waals surface area contributed by atoms with Gasteiger partial charge < -0.3 is 10.6 Å². The molecule has 0 aliphatic rings. The Morgan fingerprint density at radius 2 is 1.76 bits per heavy atom. The summed E-state index contributed by atoms with van der Waals surface area (Å²) in [5.74, 6) is -0.0682. The number of carbonyl (C=O) groups is 1. The molecule has 0 bridgehead atoms. The van der Waals surface area contributed by atoms with E-state index in [-0.39, 0.29) is 11.9 Å². The number of thioether (sulfide) groups is 1. The highest BCUT2D eigenvalue weighted by atomic mass is 32.2. The molecule has 3 nitrogen and oxygen atoms in total. The maximum Gasteiger partial charge on any atom is 0.253 e. The first-order valence-corrected chi connectivity index (χ1v) is 8.09. The van der Waals surface area contributed by atoms with Gasteiger partial charge in [0.1, 0.15) is 0 Å². The van der Waals surface area contributed by atoms with Gasteiger partial charge in [0.25, 0.3) is 5.91 Å². The molecule has 0 spiro atoms. The van der Waals surface area contributed by atoms with Gasteiger partial charge in [0.2, 0.25) is 0 Å². The number of hydrogen-bond acceptors (Lipinski definition) is 3. The van der Waals surface area contributed by atoms with Crippen LogP contribution in [0.15, 0.2) is 53.4 Å². The second kappa shape index (κ2) is 7.18. The molecule has 0 aromatic heterocycles. The Labute approximate surface area is 130 Å². The fraction of sp³-hybridized carbons (Fsp3) is 0.235. The van der Waals surface area contributed by atoms with Gasteiger partial charge in [0.15, 0.2) is 0 Å². The van der Waals surface area contributed by atoms with E-state index in [2.05, 4.69) is 41.2 Å². The lowest BCUT2D eigenvalue weighted by atomic mass is 10.1. The van der Waals surface area contributed by atoms with Gasteiger partial charge in [-0.1, -0.05) is 24.3 Å². The maximum absolute atomic E-state index is 12.4. The maximum atomic E-state index is 12.4. The first kappa shape index (κ1) is 15.4. The summed E-state index contributed by atoms with van der Waals surface area (Å²) >= 11 is 1.71. The molecule has 0 fully saturated rings.